The molecular weight excluding hydrogens is 376 g/mol. The molecular formula is C17H15BrN2O4. The fraction of sp³-hybridized carbons (Fsp3) is 0.176. The fourth-order valence-corrected chi connectivity index (χ4v) is 2.71. The third kappa shape index (κ3) is 3.68. The van der Waals surface area contributed by atoms with Crippen molar-refractivity contribution in [3.8, 4) is 17.2 Å². The molecule has 7 heteroatoms. The van der Waals surface area contributed by atoms with E-state index < -0.39 is 6.10 Å². The minimum Gasteiger partial charge on any atom is -0.496 e. The molecule has 0 radical (unpaired) electrons. The van der Waals surface area contributed by atoms with Crippen molar-refractivity contribution in [2.75, 3.05) is 13.7 Å². The maximum absolute atomic E-state index is 12.1. The lowest BCUT2D eigenvalue weighted by atomic mass is 10.2. The van der Waals surface area contributed by atoms with Gasteiger partial charge in [0.15, 0.2) is 11.5 Å². The highest BCUT2D eigenvalue weighted by molar-refractivity contribution is 9.10. The van der Waals surface area contributed by atoms with E-state index >= 15 is 0 Å². The monoisotopic (exact) mass is 390 g/mol. The molecule has 0 bridgehead atoms. The first-order valence-corrected chi connectivity index (χ1v) is 8.01. The molecule has 0 fully saturated rings. The smallest absolute Gasteiger partial charge is 0.284 e. The molecule has 3 rings (SSSR count). The minimum absolute atomic E-state index is 0.145. The highest BCUT2D eigenvalue weighted by Gasteiger charge is 2.26. The molecule has 0 spiro atoms. The standard InChI is InChI=1S/C17H15BrN2O4/c1-22-13-7-6-11(8-12(13)18)9-19-20-17(21)16-10-23-14-4-2-3-5-15(14)24-16/h2-9,16H,10H2,1H3,(H,20,21)/t16-/m0/s1. The lowest BCUT2D eigenvalue weighted by molar-refractivity contribution is -0.130. The number of benzene rings is 2. The van der Waals surface area contributed by atoms with Gasteiger partial charge in [0.2, 0.25) is 6.10 Å². The van der Waals surface area contributed by atoms with Crippen molar-refractivity contribution in [3.05, 3.63) is 52.5 Å². The number of hydrogen-bond donors (Lipinski definition) is 1. The van der Waals surface area contributed by atoms with Crippen LogP contribution in [0.5, 0.6) is 17.2 Å². The summed E-state index contributed by atoms with van der Waals surface area (Å²) in [5, 5.41) is 3.95. The van der Waals surface area contributed by atoms with Gasteiger partial charge < -0.3 is 14.2 Å². The van der Waals surface area contributed by atoms with Gasteiger partial charge in [0.1, 0.15) is 12.4 Å². The number of halogens is 1. The first kappa shape index (κ1) is 16.3. The van der Waals surface area contributed by atoms with Crippen molar-refractivity contribution in [2.24, 2.45) is 5.10 Å². The van der Waals surface area contributed by atoms with Crippen LogP contribution in [0.4, 0.5) is 0 Å². The van der Waals surface area contributed by atoms with E-state index in [9.17, 15) is 4.79 Å². The molecule has 0 aromatic heterocycles. The van der Waals surface area contributed by atoms with Crippen molar-refractivity contribution >= 4 is 28.1 Å². The van der Waals surface area contributed by atoms with E-state index in [2.05, 4.69) is 26.5 Å². The first-order valence-electron chi connectivity index (χ1n) is 7.22. The average molecular weight is 391 g/mol. The normalized spacial score (nSPS) is 16.0. The predicted molar refractivity (Wildman–Crippen MR) is 92.8 cm³/mol. The number of nitrogens with zero attached hydrogens (tertiary/aromatic N) is 1. The van der Waals surface area contributed by atoms with Crippen molar-refractivity contribution in [1.82, 2.24) is 5.43 Å². The quantitative estimate of drug-likeness (QED) is 0.643. The van der Waals surface area contributed by atoms with Crippen LogP contribution in [0.25, 0.3) is 0 Å². The summed E-state index contributed by atoms with van der Waals surface area (Å²) in [6.45, 7) is 0.145. The molecule has 2 aromatic carbocycles. The van der Waals surface area contributed by atoms with E-state index in [4.69, 9.17) is 14.2 Å². The van der Waals surface area contributed by atoms with E-state index in [0.29, 0.717) is 11.5 Å². The van der Waals surface area contributed by atoms with Crippen LogP contribution in [0.15, 0.2) is 52.0 Å². The van der Waals surface area contributed by atoms with Gasteiger partial charge in [-0.2, -0.15) is 5.10 Å². The fourth-order valence-electron chi connectivity index (χ4n) is 2.15. The number of para-hydroxylation sites is 2. The zero-order chi connectivity index (χ0) is 16.9. The van der Waals surface area contributed by atoms with Gasteiger partial charge in [0.05, 0.1) is 17.8 Å². The van der Waals surface area contributed by atoms with Crippen LogP contribution in [-0.2, 0) is 4.79 Å². The number of ether oxygens (including phenoxy) is 3. The van der Waals surface area contributed by atoms with Gasteiger partial charge >= 0.3 is 0 Å². The zero-order valence-corrected chi connectivity index (χ0v) is 14.4. The maximum Gasteiger partial charge on any atom is 0.284 e. The Labute approximate surface area is 147 Å². The third-order valence-corrected chi connectivity index (χ3v) is 3.98. The number of nitrogens with one attached hydrogen (secondary N) is 1. The van der Waals surface area contributed by atoms with Gasteiger partial charge in [-0.25, -0.2) is 5.43 Å². The summed E-state index contributed by atoms with van der Waals surface area (Å²) in [5.74, 6) is 1.54. The zero-order valence-electron chi connectivity index (χ0n) is 12.9. The van der Waals surface area contributed by atoms with Gasteiger partial charge in [0.25, 0.3) is 5.91 Å². The molecule has 124 valence electrons. The second-order valence-electron chi connectivity index (χ2n) is 4.99. The van der Waals surface area contributed by atoms with Gasteiger partial charge in [-0.3, -0.25) is 4.79 Å². The molecule has 0 unspecified atom stereocenters. The Morgan fingerprint density at radius 1 is 1.33 bits per heavy atom. The van der Waals surface area contributed by atoms with E-state index in [0.717, 1.165) is 15.8 Å². The number of carbonyl (C=O) groups excluding carboxylic acids is 1. The van der Waals surface area contributed by atoms with Gasteiger partial charge in [-0.15, -0.1) is 0 Å². The highest BCUT2D eigenvalue weighted by Crippen LogP contribution is 2.30. The molecule has 6 nitrogen and oxygen atoms in total. The second-order valence-corrected chi connectivity index (χ2v) is 5.85. The highest BCUT2D eigenvalue weighted by atomic mass is 79.9. The maximum atomic E-state index is 12.1. The molecule has 2 aromatic rings. The third-order valence-electron chi connectivity index (χ3n) is 3.37. The van der Waals surface area contributed by atoms with Crippen LogP contribution in [0.3, 0.4) is 0 Å². The first-order chi connectivity index (χ1) is 11.7. The topological polar surface area (TPSA) is 69.2 Å². The van der Waals surface area contributed by atoms with Crippen LogP contribution in [0, 0.1) is 0 Å². The summed E-state index contributed by atoms with van der Waals surface area (Å²) in [4.78, 5) is 12.1. The lowest BCUT2D eigenvalue weighted by Gasteiger charge is -2.24. The number of fused-ring (bicyclic) bond motifs is 1. The molecule has 1 aliphatic rings. The molecule has 0 aliphatic carbocycles. The van der Waals surface area contributed by atoms with Crippen molar-refractivity contribution in [1.29, 1.82) is 0 Å². The Hall–Kier alpha value is -2.54. The molecule has 0 saturated heterocycles. The van der Waals surface area contributed by atoms with Crippen LogP contribution in [-0.4, -0.2) is 31.9 Å². The number of hydrazone groups is 1. The van der Waals surface area contributed by atoms with E-state index in [1.54, 1.807) is 25.5 Å². The largest absolute Gasteiger partial charge is 0.496 e. The predicted octanol–water partition coefficient (Wildman–Crippen LogP) is 2.75. The SMILES string of the molecule is COc1ccc(C=NNC(=O)[C@@H]2COc3ccccc3O2)cc1Br. The average Bonchev–Trinajstić information content (AvgIpc) is 2.61. The van der Waals surface area contributed by atoms with Crippen LogP contribution >= 0.6 is 15.9 Å². The summed E-state index contributed by atoms with van der Waals surface area (Å²) in [5.41, 5.74) is 3.27. The van der Waals surface area contributed by atoms with Gasteiger partial charge in [-0.1, -0.05) is 12.1 Å². The summed E-state index contributed by atoms with van der Waals surface area (Å²) < 4.78 is 17.1. The Bertz CT molecular complexity index is 779. The number of hydrogen-bond acceptors (Lipinski definition) is 5. The summed E-state index contributed by atoms with van der Waals surface area (Å²) >= 11 is 3.40. The van der Waals surface area contributed by atoms with Crippen molar-refractivity contribution < 1.29 is 19.0 Å². The molecule has 1 heterocycles. The number of methoxy groups -OCH3 is 1. The number of amides is 1. The molecule has 1 atom stereocenters. The van der Waals surface area contributed by atoms with Crippen LogP contribution in [0.2, 0.25) is 0 Å². The number of carbonyl (C=O) groups is 1. The molecule has 0 saturated carbocycles. The van der Waals surface area contributed by atoms with Crippen LogP contribution < -0.4 is 19.6 Å². The van der Waals surface area contributed by atoms with E-state index in [-0.39, 0.29) is 12.5 Å². The molecule has 24 heavy (non-hydrogen) atoms. The van der Waals surface area contributed by atoms with Crippen molar-refractivity contribution in [3.63, 3.8) is 0 Å². The Balaban J connectivity index is 1.59. The summed E-state index contributed by atoms with van der Waals surface area (Å²) in [6, 6.07) is 12.7. The lowest BCUT2D eigenvalue weighted by Crippen LogP contribution is -2.42. The minimum atomic E-state index is -0.736. The van der Waals surface area contributed by atoms with Crippen LogP contribution in [0.1, 0.15) is 5.56 Å². The molecule has 1 N–H and O–H groups in total. The Kier molecular flexibility index (Phi) is 5.00. The second kappa shape index (κ2) is 7.35. The van der Waals surface area contributed by atoms with E-state index in [1.165, 1.54) is 0 Å². The Morgan fingerprint density at radius 2 is 2.12 bits per heavy atom. The van der Waals surface area contributed by atoms with Gasteiger partial charge in [0, 0.05) is 0 Å². The van der Waals surface area contributed by atoms with E-state index in [1.807, 2.05) is 30.3 Å². The number of rotatable bonds is 4. The van der Waals surface area contributed by atoms with Crippen molar-refractivity contribution in [2.45, 2.75) is 6.10 Å². The summed E-state index contributed by atoms with van der Waals surface area (Å²) in [7, 11) is 1.60. The summed E-state index contributed by atoms with van der Waals surface area (Å²) in [6.07, 6.45) is 0.805. The Morgan fingerprint density at radius 3 is 2.88 bits per heavy atom. The molecule has 1 amide bonds. The molecule has 1 aliphatic heterocycles. The van der Waals surface area contributed by atoms with Gasteiger partial charge in [-0.05, 0) is 51.8 Å².